The van der Waals surface area contributed by atoms with Crippen molar-refractivity contribution in [2.24, 2.45) is 5.90 Å². The highest BCUT2D eigenvalue weighted by Crippen LogP contribution is 2.25. The van der Waals surface area contributed by atoms with Crippen LogP contribution in [-0.4, -0.2) is 10.3 Å². The van der Waals surface area contributed by atoms with Crippen LogP contribution in [0.5, 0.6) is 17.2 Å². The number of para-hydroxylation sites is 1. The lowest BCUT2D eigenvalue weighted by molar-refractivity contribution is 0.311. The van der Waals surface area contributed by atoms with Crippen molar-refractivity contribution in [3.63, 3.8) is 0 Å². The summed E-state index contributed by atoms with van der Waals surface area (Å²) < 4.78 is 5.60. The standard InChI is InChI=1S/C13H12O2.H3NO/c1-10-9-12(7-8-13(10)14)15-11-5-3-2-4-6-11;1-2/h2-9,14H,1H3;2H,1H2. The predicted octanol–water partition coefficient (Wildman–Crippen LogP) is 2.83. The molecule has 0 spiro atoms. The third-order valence-corrected chi connectivity index (χ3v) is 2.15. The Balaban J connectivity index is 0.000000686. The first-order valence-electron chi connectivity index (χ1n) is 5.04. The van der Waals surface area contributed by atoms with E-state index in [0.29, 0.717) is 0 Å². The Bertz CT molecular complexity index is 457. The smallest absolute Gasteiger partial charge is 0.127 e. The third kappa shape index (κ3) is 3.79. The first kappa shape index (κ1) is 13.0. The van der Waals surface area contributed by atoms with E-state index in [9.17, 15) is 5.11 Å². The summed E-state index contributed by atoms with van der Waals surface area (Å²) in [7, 11) is 0. The van der Waals surface area contributed by atoms with Crippen LogP contribution in [0.3, 0.4) is 0 Å². The van der Waals surface area contributed by atoms with Crippen LogP contribution in [0, 0.1) is 6.92 Å². The Morgan fingerprint density at radius 2 is 1.59 bits per heavy atom. The van der Waals surface area contributed by atoms with E-state index in [0.717, 1.165) is 17.1 Å². The minimum Gasteiger partial charge on any atom is -0.508 e. The molecule has 0 unspecified atom stereocenters. The van der Waals surface area contributed by atoms with Crippen LogP contribution in [0.1, 0.15) is 5.56 Å². The minimum atomic E-state index is 0.287. The molecule has 0 heterocycles. The quantitative estimate of drug-likeness (QED) is 0.697. The van der Waals surface area contributed by atoms with Crippen molar-refractivity contribution in [1.29, 1.82) is 0 Å². The van der Waals surface area contributed by atoms with Gasteiger partial charge in [0, 0.05) is 0 Å². The summed E-state index contributed by atoms with van der Waals surface area (Å²) in [4.78, 5) is 0. The fourth-order valence-corrected chi connectivity index (χ4v) is 1.32. The van der Waals surface area contributed by atoms with Gasteiger partial charge in [-0.05, 0) is 42.8 Å². The summed E-state index contributed by atoms with van der Waals surface area (Å²) in [6.07, 6.45) is 0. The van der Waals surface area contributed by atoms with E-state index in [1.165, 1.54) is 0 Å². The van der Waals surface area contributed by atoms with Gasteiger partial charge in [-0.25, -0.2) is 5.90 Å². The van der Waals surface area contributed by atoms with Gasteiger partial charge in [-0.1, -0.05) is 18.2 Å². The molecule has 0 saturated carbocycles. The van der Waals surface area contributed by atoms with Gasteiger partial charge in [-0.2, -0.15) is 0 Å². The lowest BCUT2D eigenvalue weighted by Gasteiger charge is -2.06. The molecule has 0 bridgehead atoms. The molecule has 0 radical (unpaired) electrons. The van der Waals surface area contributed by atoms with Gasteiger partial charge in [0.05, 0.1) is 0 Å². The molecule has 2 aromatic carbocycles. The molecule has 90 valence electrons. The Morgan fingerprint density at radius 1 is 0.941 bits per heavy atom. The largest absolute Gasteiger partial charge is 0.508 e. The lowest BCUT2D eigenvalue weighted by Crippen LogP contribution is -1.84. The van der Waals surface area contributed by atoms with E-state index in [-0.39, 0.29) is 5.75 Å². The van der Waals surface area contributed by atoms with Crippen LogP contribution >= 0.6 is 0 Å². The fraction of sp³-hybridized carbons (Fsp3) is 0.0769. The number of ether oxygens (including phenoxy) is 1. The van der Waals surface area contributed by atoms with Gasteiger partial charge in [0.1, 0.15) is 17.2 Å². The molecule has 0 amide bonds. The predicted molar refractivity (Wildman–Crippen MR) is 65.3 cm³/mol. The number of phenolic OH excluding ortho intramolecular Hbond substituents is 1. The summed E-state index contributed by atoms with van der Waals surface area (Å²) in [5.74, 6) is 5.31. The highest BCUT2D eigenvalue weighted by molar-refractivity contribution is 5.40. The van der Waals surface area contributed by atoms with Gasteiger partial charge in [-0.3, -0.25) is 0 Å². The van der Waals surface area contributed by atoms with Gasteiger partial charge in [0.25, 0.3) is 0 Å². The molecule has 0 aliphatic heterocycles. The SMILES string of the molecule is Cc1cc(Oc2ccccc2)ccc1O.NO. The van der Waals surface area contributed by atoms with E-state index in [2.05, 4.69) is 5.90 Å². The van der Waals surface area contributed by atoms with E-state index in [1.807, 2.05) is 43.3 Å². The molecule has 4 heteroatoms. The van der Waals surface area contributed by atoms with Crippen LogP contribution < -0.4 is 10.6 Å². The maximum atomic E-state index is 9.35. The molecular formula is C13H15NO3. The Morgan fingerprint density at radius 3 is 2.18 bits per heavy atom. The average molecular weight is 233 g/mol. The number of benzene rings is 2. The summed E-state index contributed by atoms with van der Waals surface area (Å²) in [5.41, 5.74) is 0.809. The molecule has 0 saturated heterocycles. The van der Waals surface area contributed by atoms with Gasteiger partial charge < -0.3 is 15.1 Å². The summed E-state index contributed by atoms with van der Waals surface area (Å²) in [5, 5.41) is 15.9. The van der Waals surface area contributed by atoms with Crippen LogP contribution in [0.4, 0.5) is 0 Å². The molecular weight excluding hydrogens is 218 g/mol. The van der Waals surface area contributed by atoms with Crippen molar-refractivity contribution in [3.8, 4) is 17.2 Å². The van der Waals surface area contributed by atoms with Crippen molar-refractivity contribution in [2.75, 3.05) is 0 Å². The maximum Gasteiger partial charge on any atom is 0.127 e. The first-order chi connectivity index (χ1) is 8.25. The Kier molecular flexibility index (Phi) is 5.00. The van der Waals surface area contributed by atoms with Gasteiger partial charge >= 0.3 is 0 Å². The van der Waals surface area contributed by atoms with Gasteiger partial charge in [0.15, 0.2) is 0 Å². The molecule has 0 aromatic heterocycles. The van der Waals surface area contributed by atoms with Crippen molar-refractivity contribution in [3.05, 3.63) is 54.1 Å². The molecule has 2 rings (SSSR count). The van der Waals surface area contributed by atoms with Gasteiger partial charge in [-0.15, -0.1) is 0 Å². The third-order valence-electron chi connectivity index (χ3n) is 2.15. The second kappa shape index (κ2) is 6.52. The number of hydrogen-bond donors (Lipinski definition) is 3. The monoisotopic (exact) mass is 233 g/mol. The summed E-state index contributed by atoms with van der Waals surface area (Å²) in [6.45, 7) is 1.84. The van der Waals surface area contributed by atoms with Crippen LogP contribution in [0.15, 0.2) is 48.5 Å². The number of aryl methyl sites for hydroxylation is 1. The zero-order valence-electron chi connectivity index (χ0n) is 9.50. The van der Waals surface area contributed by atoms with Crippen LogP contribution in [0.2, 0.25) is 0 Å². The number of hydrogen-bond acceptors (Lipinski definition) is 4. The summed E-state index contributed by atoms with van der Waals surface area (Å²) >= 11 is 0. The Hall–Kier alpha value is -2.04. The number of nitrogens with two attached hydrogens (primary N) is 1. The van der Waals surface area contributed by atoms with Crippen molar-refractivity contribution in [1.82, 2.24) is 0 Å². The van der Waals surface area contributed by atoms with Crippen LogP contribution in [0.25, 0.3) is 0 Å². The fourth-order valence-electron chi connectivity index (χ4n) is 1.32. The normalized spacial score (nSPS) is 9.12. The first-order valence-corrected chi connectivity index (χ1v) is 5.04. The molecule has 2 aromatic rings. The van der Waals surface area contributed by atoms with E-state index >= 15 is 0 Å². The zero-order chi connectivity index (χ0) is 12.7. The second-order valence-corrected chi connectivity index (χ2v) is 3.36. The zero-order valence-corrected chi connectivity index (χ0v) is 9.50. The molecule has 0 fully saturated rings. The Labute approximate surface area is 99.9 Å². The van der Waals surface area contributed by atoms with E-state index < -0.39 is 0 Å². The average Bonchev–Trinajstić information content (AvgIpc) is 2.38. The molecule has 17 heavy (non-hydrogen) atoms. The second-order valence-electron chi connectivity index (χ2n) is 3.36. The van der Waals surface area contributed by atoms with Crippen molar-refractivity contribution >= 4 is 0 Å². The topological polar surface area (TPSA) is 75.7 Å². The highest BCUT2D eigenvalue weighted by Gasteiger charge is 1.99. The molecule has 0 aliphatic carbocycles. The van der Waals surface area contributed by atoms with Crippen molar-refractivity contribution in [2.45, 2.75) is 6.92 Å². The van der Waals surface area contributed by atoms with E-state index in [1.54, 1.807) is 12.1 Å². The molecule has 4 N–H and O–H groups in total. The van der Waals surface area contributed by atoms with E-state index in [4.69, 9.17) is 9.94 Å². The summed E-state index contributed by atoms with van der Waals surface area (Å²) in [6, 6.07) is 14.7. The lowest BCUT2D eigenvalue weighted by atomic mass is 10.2. The number of aromatic hydroxyl groups is 1. The minimum absolute atomic E-state index is 0.287. The number of phenols is 1. The number of rotatable bonds is 2. The van der Waals surface area contributed by atoms with Gasteiger partial charge in [0.2, 0.25) is 0 Å². The highest BCUT2D eigenvalue weighted by atomic mass is 16.5. The molecule has 0 atom stereocenters. The molecule has 0 aliphatic rings. The molecule has 4 nitrogen and oxygen atoms in total. The van der Waals surface area contributed by atoms with Crippen LogP contribution in [-0.2, 0) is 0 Å². The van der Waals surface area contributed by atoms with Crippen molar-refractivity contribution < 1.29 is 15.1 Å². The maximum absolute atomic E-state index is 9.35.